The van der Waals surface area contributed by atoms with Crippen LogP contribution in [-0.4, -0.2) is 39.2 Å². The number of hydrogen-bond donors (Lipinski definition) is 0. The lowest BCUT2D eigenvalue weighted by molar-refractivity contribution is 0.0670. The minimum atomic E-state index is -0.0912. The zero-order chi connectivity index (χ0) is 19.0. The van der Waals surface area contributed by atoms with E-state index in [-0.39, 0.29) is 5.91 Å². The van der Waals surface area contributed by atoms with Crippen LogP contribution in [0.4, 0.5) is 0 Å². The summed E-state index contributed by atoms with van der Waals surface area (Å²) in [5.41, 5.74) is 4.47. The molecule has 0 saturated carbocycles. The number of piperidine rings is 1. The number of carbonyl (C=O) groups is 1. The second kappa shape index (κ2) is 6.98. The molecule has 0 bridgehead atoms. The van der Waals surface area contributed by atoms with Gasteiger partial charge in [0.15, 0.2) is 0 Å². The van der Waals surface area contributed by atoms with Crippen molar-refractivity contribution in [2.45, 2.75) is 39.5 Å². The molecular formula is C20H22N4O3. The molecule has 7 nitrogen and oxygen atoms in total. The van der Waals surface area contributed by atoms with Gasteiger partial charge in [-0.2, -0.15) is 0 Å². The fourth-order valence-corrected chi connectivity index (χ4v) is 3.67. The Labute approximate surface area is 157 Å². The van der Waals surface area contributed by atoms with E-state index in [4.69, 9.17) is 14.0 Å². The second-order valence-electron chi connectivity index (χ2n) is 7.05. The van der Waals surface area contributed by atoms with Crippen LogP contribution in [0.5, 0.6) is 0 Å². The highest BCUT2D eigenvalue weighted by molar-refractivity contribution is 5.91. The van der Waals surface area contributed by atoms with E-state index in [9.17, 15) is 4.79 Å². The second-order valence-corrected chi connectivity index (χ2v) is 7.05. The number of amides is 1. The van der Waals surface area contributed by atoms with E-state index < -0.39 is 0 Å². The first kappa shape index (κ1) is 17.5. The Morgan fingerprint density at radius 1 is 1.11 bits per heavy atom. The molecule has 1 aliphatic rings. The SMILES string of the molecule is Cc1cc(C(=O)N2CCC(c3cccc(-c4c(C)noc4C)n3)CC2)on1. The zero-order valence-corrected chi connectivity index (χ0v) is 15.7. The van der Waals surface area contributed by atoms with Gasteiger partial charge in [0, 0.05) is 30.8 Å². The summed E-state index contributed by atoms with van der Waals surface area (Å²) >= 11 is 0. The van der Waals surface area contributed by atoms with Crippen molar-refractivity contribution in [1.82, 2.24) is 20.2 Å². The number of hydrogen-bond acceptors (Lipinski definition) is 6. The maximum Gasteiger partial charge on any atom is 0.292 e. The molecule has 1 saturated heterocycles. The summed E-state index contributed by atoms with van der Waals surface area (Å²) in [6.07, 6.45) is 1.74. The van der Waals surface area contributed by atoms with Crippen LogP contribution in [0, 0.1) is 20.8 Å². The zero-order valence-electron chi connectivity index (χ0n) is 15.7. The molecule has 140 valence electrons. The predicted octanol–water partition coefficient (Wildman–Crippen LogP) is 3.67. The maximum atomic E-state index is 12.5. The van der Waals surface area contributed by atoms with Gasteiger partial charge in [-0.15, -0.1) is 0 Å². The molecule has 1 fully saturated rings. The summed E-state index contributed by atoms with van der Waals surface area (Å²) in [5, 5.41) is 7.82. The normalized spacial score (nSPS) is 15.3. The Hall–Kier alpha value is -2.96. The van der Waals surface area contributed by atoms with Crippen molar-refractivity contribution < 1.29 is 13.8 Å². The molecule has 0 atom stereocenters. The quantitative estimate of drug-likeness (QED) is 0.703. The van der Waals surface area contributed by atoms with E-state index in [0.717, 1.165) is 41.2 Å². The van der Waals surface area contributed by atoms with Crippen LogP contribution in [0.1, 0.15) is 52.2 Å². The van der Waals surface area contributed by atoms with Gasteiger partial charge < -0.3 is 13.9 Å². The van der Waals surface area contributed by atoms with E-state index in [1.54, 1.807) is 6.07 Å². The van der Waals surface area contributed by atoms with Crippen LogP contribution in [0.3, 0.4) is 0 Å². The van der Waals surface area contributed by atoms with Crippen molar-refractivity contribution in [3.8, 4) is 11.3 Å². The average molecular weight is 366 g/mol. The van der Waals surface area contributed by atoms with Gasteiger partial charge in [-0.05, 0) is 45.7 Å². The number of carbonyl (C=O) groups excluding carboxylic acids is 1. The van der Waals surface area contributed by atoms with E-state index in [1.807, 2.05) is 37.8 Å². The Kier molecular flexibility index (Phi) is 4.51. The lowest BCUT2D eigenvalue weighted by Gasteiger charge is -2.31. The molecule has 1 amide bonds. The summed E-state index contributed by atoms with van der Waals surface area (Å²) in [6.45, 7) is 7.00. The Morgan fingerprint density at radius 3 is 2.52 bits per heavy atom. The van der Waals surface area contributed by atoms with Crippen LogP contribution in [0.25, 0.3) is 11.3 Å². The van der Waals surface area contributed by atoms with Crippen LogP contribution in [-0.2, 0) is 0 Å². The van der Waals surface area contributed by atoms with E-state index in [1.165, 1.54) is 0 Å². The number of aryl methyl sites for hydroxylation is 3. The number of likely N-dealkylation sites (tertiary alicyclic amines) is 1. The molecular weight excluding hydrogens is 344 g/mol. The van der Waals surface area contributed by atoms with Crippen molar-refractivity contribution in [3.05, 3.63) is 52.9 Å². The molecule has 1 aliphatic heterocycles. The first-order valence-corrected chi connectivity index (χ1v) is 9.15. The Balaban J connectivity index is 1.47. The lowest BCUT2D eigenvalue weighted by Crippen LogP contribution is -2.37. The molecule has 27 heavy (non-hydrogen) atoms. The minimum Gasteiger partial charge on any atom is -0.361 e. The summed E-state index contributed by atoms with van der Waals surface area (Å²) in [4.78, 5) is 19.2. The number of nitrogens with zero attached hydrogens (tertiary/aromatic N) is 4. The predicted molar refractivity (Wildman–Crippen MR) is 98.3 cm³/mol. The van der Waals surface area contributed by atoms with Gasteiger partial charge in [0.1, 0.15) is 5.76 Å². The standard InChI is InChI=1S/C20H22N4O3/c1-12-11-18(27-22-12)20(25)24-9-7-15(8-10-24)16-5-4-6-17(21-16)19-13(2)23-26-14(19)3/h4-6,11,15H,7-10H2,1-3H3. The van der Waals surface area contributed by atoms with E-state index >= 15 is 0 Å². The average Bonchev–Trinajstić information content (AvgIpc) is 3.26. The molecule has 0 spiro atoms. The first-order chi connectivity index (χ1) is 13.0. The summed E-state index contributed by atoms with van der Waals surface area (Å²) in [6, 6.07) is 7.76. The number of rotatable bonds is 3. The highest BCUT2D eigenvalue weighted by atomic mass is 16.5. The molecule has 3 aromatic heterocycles. The van der Waals surface area contributed by atoms with Crippen molar-refractivity contribution in [2.24, 2.45) is 0 Å². The summed E-state index contributed by atoms with van der Waals surface area (Å²) in [5.74, 6) is 1.32. The van der Waals surface area contributed by atoms with Crippen LogP contribution in [0.15, 0.2) is 33.3 Å². The fraction of sp³-hybridized carbons (Fsp3) is 0.400. The number of aromatic nitrogens is 3. The van der Waals surface area contributed by atoms with Crippen molar-refractivity contribution in [1.29, 1.82) is 0 Å². The minimum absolute atomic E-state index is 0.0912. The molecule has 4 heterocycles. The van der Waals surface area contributed by atoms with Crippen molar-refractivity contribution in [3.63, 3.8) is 0 Å². The Morgan fingerprint density at radius 2 is 1.89 bits per heavy atom. The monoisotopic (exact) mass is 366 g/mol. The molecule has 4 rings (SSSR count). The van der Waals surface area contributed by atoms with E-state index in [2.05, 4.69) is 16.4 Å². The number of pyridine rings is 1. The van der Waals surface area contributed by atoms with Gasteiger partial charge in [-0.25, -0.2) is 0 Å². The Bertz CT molecular complexity index is 948. The van der Waals surface area contributed by atoms with Crippen molar-refractivity contribution >= 4 is 5.91 Å². The lowest BCUT2D eigenvalue weighted by atomic mass is 9.92. The highest BCUT2D eigenvalue weighted by Crippen LogP contribution is 2.31. The molecule has 3 aromatic rings. The maximum absolute atomic E-state index is 12.5. The van der Waals surface area contributed by atoms with Crippen LogP contribution >= 0.6 is 0 Å². The van der Waals surface area contributed by atoms with Gasteiger partial charge in [-0.1, -0.05) is 16.4 Å². The third kappa shape index (κ3) is 3.37. The molecule has 7 heteroatoms. The molecule has 0 aromatic carbocycles. The van der Waals surface area contributed by atoms with Gasteiger partial charge in [0.2, 0.25) is 5.76 Å². The van der Waals surface area contributed by atoms with Gasteiger partial charge in [0.25, 0.3) is 5.91 Å². The van der Waals surface area contributed by atoms with Crippen molar-refractivity contribution in [2.75, 3.05) is 13.1 Å². The van der Waals surface area contributed by atoms with Crippen LogP contribution < -0.4 is 0 Å². The van der Waals surface area contributed by atoms with Gasteiger partial charge in [-0.3, -0.25) is 9.78 Å². The largest absolute Gasteiger partial charge is 0.361 e. The molecule has 0 unspecified atom stereocenters. The molecule has 0 aliphatic carbocycles. The smallest absolute Gasteiger partial charge is 0.292 e. The third-order valence-corrected chi connectivity index (χ3v) is 5.10. The summed E-state index contributed by atoms with van der Waals surface area (Å²) in [7, 11) is 0. The highest BCUT2D eigenvalue weighted by Gasteiger charge is 2.27. The third-order valence-electron chi connectivity index (χ3n) is 5.10. The summed E-state index contributed by atoms with van der Waals surface area (Å²) < 4.78 is 10.4. The van der Waals surface area contributed by atoms with E-state index in [0.29, 0.717) is 30.5 Å². The van der Waals surface area contributed by atoms with Crippen LogP contribution in [0.2, 0.25) is 0 Å². The van der Waals surface area contributed by atoms with Gasteiger partial charge >= 0.3 is 0 Å². The topological polar surface area (TPSA) is 85.3 Å². The van der Waals surface area contributed by atoms with Gasteiger partial charge in [0.05, 0.1) is 22.6 Å². The first-order valence-electron chi connectivity index (χ1n) is 9.15. The molecule has 0 N–H and O–H groups in total. The molecule has 0 radical (unpaired) electrons. The fourth-order valence-electron chi connectivity index (χ4n) is 3.67.